The van der Waals surface area contributed by atoms with Gasteiger partial charge in [0, 0.05) is 21.6 Å². The molecule has 0 aromatic heterocycles. The number of amides is 2. The van der Waals surface area contributed by atoms with Crippen LogP contribution in [0.2, 0.25) is 0 Å². The Hall–Kier alpha value is -1.99. The largest absolute Gasteiger partial charge is 0.379 e. The normalized spacial score (nSPS) is 19.8. The molecule has 130 valence electrons. The van der Waals surface area contributed by atoms with Gasteiger partial charge in [-0.05, 0) is 55.3 Å². The first kappa shape index (κ1) is 17.8. The summed E-state index contributed by atoms with van der Waals surface area (Å²) in [7, 11) is 0. The molecule has 0 aliphatic carbocycles. The smallest absolute Gasteiger partial charge is 0.323 e. The maximum absolute atomic E-state index is 12.2. The Balaban J connectivity index is 1.72. The highest BCUT2D eigenvalue weighted by Gasteiger charge is 2.29. The van der Waals surface area contributed by atoms with Crippen molar-refractivity contribution in [3.63, 3.8) is 0 Å². The van der Waals surface area contributed by atoms with Crippen LogP contribution < -0.4 is 16.4 Å². The van der Waals surface area contributed by atoms with Crippen molar-refractivity contribution in [2.75, 3.05) is 16.4 Å². The molecule has 1 unspecified atom stereocenters. The van der Waals surface area contributed by atoms with E-state index in [9.17, 15) is 4.79 Å². The molecule has 0 spiro atoms. The first-order chi connectivity index (χ1) is 11.9. The molecule has 1 aliphatic heterocycles. The van der Waals surface area contributed by atoms with Crippen LogP contribution in [0.15, 0.2) is 58.0 Å². The number of hydrogen-bond acceptors (Lipinski definition) is 4. The van der Waals surface area contributed by atoms with Gasteiger partial charge in [-0.1, -0.05) is 39.8 Å². The third kappa shape index (κ3) is 4.55. The van der Waals surface area contributed by atoms with Gasteiger partial charge < -0.3 is 16.4 Å². The molecule has 0 radical (unpaired) electrons. The van der Waals surface area contributed by atoms with Crippen molar-refractivity contribution in [1.82, 2.24) is 0 Å². The zero-order chi connectivity index (χ0) is 17.9. The first-order valence-corrected chi connectivity index (χ1v) is 9.65. The van der Waals surface area contributed by atoms with Gasteiger partial charge in [-0.2, -0.15) is 0 Å². The highest BCUT2D eigenvalue weighted by molar-refractivity contribution is 9.10. The number of nitrogens with zero attached hydrogens (tertiary/aromatic N) is 1. The van der Waals surface area contributed by atoms with E-state index in [1.807, 2.05) is 48.5 Å². The van der Waals surface area contributed by atoms with Crippen LogP contribution in [0.3, 0.4) is 0 Å². The predicted octanol–water partition coefficient (Wildman–Crippen LogP) is 4.76. The molecular weight excluding hydrogens is 400 g/mol. The third-order valence-electron chi connectivity index (χ3n) is 4.04. The van der Waals surface area contributed by atoms with Crippen molar-refractivity contribution in [2.45, 2.75) is 18.9 Å². The Labute approximate surface area is 159 Å². The average molecular weight is 419 g/mol. The van der Waals surface area contributed by atoms with E-state index >= 15 is 0 Å². The predicted molar refractivity (Wildman–Crippen MR) is 109 cm³/mol. The molecule has 5 nitrogen and oxygen atoms in total. The van der Waals surface area contributed by atoms with E-state index in [1.54, 1.807) is 11.8 Å². The number of amidine groups is 1. The summed E-state index contributed by atoms with van der Waals surface area (Å²) in [4.78, 5) is 16.8. The number of halogens is 1. The molecule has 0 saturated carbocycles. The Kier molecular flexibility index (Phi) is 5.34. The molecule has 2 aromatic rings. The van der Waals surface area contributed by atoms with Crippen LogP contribution in [0.4, 0.5) is 16.2 Å². The van der Waals surface area contributed by atoms with E-state index in [1.165, 1.54) is 0 Å². The van der Waals surface area contributed by atoms with Crippen molar-refractivity contribution in [3.8, 4) is 0 Å². The summed E-state index contributed by atoms with van der Waals surface area (Å²) in [5, 5.41) is 6.29. The molecule has 7 heteroatoms. The standard InChI is InChI=1S/C18H19BrN4OS/c1-18(9-10-25-16(20)23-18)12-3-2-4-15(11-12)22-17(24)21-14-7-5-13(19)6-8-14/h2-8,11H,9-10H2,1H3,(H2,20,23)(H2,21,22,24). The molecule has 0 saturated heterocycles. The average Bonchev–Trinajstić information content (AvgIpc) is 2.57. The van der Waals surface area contributed by atoms with Gasteiger partial charge in [0.1, 0.15) is 0 Å². The Morgan fingerprint density at radius 2 is 1.92 bits per heavy atom. The van der Waals surface area contributed by atoms with Crippen molar-refractivity contribution in [1.29, 1.82) is 0 Å². The monoisotopic (exact) mass is 418 g/mol. The fourth-order valence-electron chi connectivity index (χ4n) is 2.65. The molecule has 0 fully saturated rings. The number of urea groups is 1. The number of aliphatic imine (C=N–C) groups is 1. The summed E-state index contributed by atoms with van der Waals surface area (Å²) in [6.45, 7) is 2.07. The molecule has 2 amide bonds. The maximum atomic E-state index is 12.2. The maximum Gasteiger partial charge on any atom is 0.323 e. The lowest BCUT2D eigenvalue weighted by Gasteiger charge is -2.30. The minimum Gasteiger partial charge on any atom is -0.379 e. The van der Waals surface area contributed by atoms with E-state index in [0.29, 0.717) is 5.17 Å². The second-order valence-corrected chi connectivity index (χ2v) is 8.02. The molecule has 4 N–H and O–H groups in total. The quantitative estimate of drug-likeness (QED) is 0.671. The Morgan fingerprint density at radius 1 is 1.20 bits per heavy atom. The van der Waals surface area contributed by atoms with Crippen LogP contribution in [-0.4, -0.2) is 17.0 Å². The van der Waals surface area contributed by atoms with Crippen LogP contribution in [0, 0.1) is 0 Å². The van der Waals surface area contributed by atoms with E-state index < -0.39 is 0 Å². The first-order valence-electron chi connectivity index (χ1n) is 7.87. The van der Waals surface area contributed by atoms with Gasteiger partial charge in [0.15, 0.2) is 5.17 Å². The molecule has 1 aliphatic rings. The minimum absolute atomic E-state index is 0.285. The van der Waals surface area contributed by atoms with Gasteiger partial charge in [-0.25, -0.2) is 4.79 Å². The molecule has 0 bridgehead atoms. The van der Waals surface area contributed by atoms with Gasteiger partial charge in [0.05, 0.1) is 5.54 Å². The highest BCUT2D eigenvalue weighted by Crippen LogP contribution is 2.35. The summed E-state index contributed by atoms with van der Waals surface area (Å²) >= 11 is 4.95. The number of hydrogen-bond donors (Lipinski definition) is 3. The number of thioether (sulfide) groups is 1. The lowest BCUT2D eigenvalue weighted by atomic mass is 9.89. The molecule has 2 aromatic carbocycles. The van der Waals surface area contributed by atoms with E-state index in [4.69, 9.17) is 5.73 Å². The SMILES string of the molecule is CC1(c2cccc(NC(=O)Nc3ccc(Br)cc3)c2)CCSC(N)=N1. The summed E-state index contributed by atoms with van der Waals surface area (Å²) in [5.74, 6) is 0.938. The van der Waals surface area contributed by atoms with Gasteiger partial charge in [-0.15, -0.1) is 0 Å². The fraction of sp³-hybridized carbons (Fsp3) is 0.222. The fourth-order valence-corrected chi connectivity index (χ4v) is 3.89. The highest BCUT2D eigenvalue weighted by atomic mass is 79.9. The van der Waals surface area contributed by atoms with Crippen molar-refractivity contribution >= 4 is 50.3 Å². The number of carbonyl (C=O) groups is 1. The van der Waals surface area contributed by atoms with E-state index in [0.717, 1.165) is 33.6 Å². The number of rotatable bonds is 3. The Morgan fingerprint density at radius 3 is 2.64 bits per heavy atom. The summed E-state index contributed by atoms with van der Waals surface area (Å²) in [5.41, 5.74) is 8.03. The molecule has 1 heterocycles. The second kappa shape index (κ2) is 7.49. The van der Waals surface area contributed by atoms with Gasteiger partial charge in [0.2, 0.25) is 0 Å². The lowest BCUT2D eigenvalue weighted by molar-refractivity contribution is 0.262. The topological polar surface area (TPSA) is 79.5 Å². The number of anilines is 2. The molecule has 1 atom stereocenters. The second-order valence-electron chi connectivity index (χ2n) is 5.99. The zero-order valence-electron chi connectivity index (χ0n) is 13.8. The van der Waals surface area contributed by atoms with E-state index in [2.05, 4.69) is 38.5 Å². The number of nitrogens with one attached hydrogen (secondary N) is 2. The number of benzene rings is 2. The van der Waals surface area contributed by atoms with Crippen LogP contribution in [0.25, 0.3) is 0 Å². The van der Waals surface area contributed by atoms with Crippen molar-refractivity contribution in [2.24, 2.45) is 10.7 Å². The van der Waals surface area contributed by atoms with Gasteiger partial charge >= 0.3 is 6.03 Å². The van der Waals surface area contributed by atoms with Crippen molar-refractivity contribution in [3.05, 3.63) is 58.6 Å². The summed E-state index contributed by atoms with van der Waals surface area (Å²) < 4.78 is 0.963. The Bertz CT molecular complexity index is 809. The lowest BCUT2D eigenvalue weighted by Crippen LogP contribution is -2.29. The van der Waals surface area contributed by atoms with Crippen LogP contribution in [0.5, 0.6) is 0 Å². The molecule has 25 heavy (non-hydrogen) atoms. The minimum atomic E-state index is -0.352. The summed E-state index contributed by atoms with van der Waals surface area (Å²) in [6, 6.07) is 14.9. The third-order valence-corrected chi connectivity index (χ3v) is 5.36. The van der Waals surface area contributed by atoms with Gasteiger partial charge in [-0.3, -0.25) is 4.99 Å². The zero-order valence-corrected chi connectivity index (χ0v) is 16.2. The van der Waals surface area contributed by atoms with Crippen LogP contribution >= 0.6 is 27.7 Å². The van der Waals surface area contributed by atoms with Crippen molar-refractivity contribution < 1.29 is 4.79 Å². The van der Waals surface area contributed by atoms with Crippen LogP contribution in [0.1, 0.15) is 18.9 Å². The summed E-state index contributed by atoms with van der Waals surface area (Å²) in [6.07, 6.45) is 0.910. The van der Waals surface area contributed by atoms with E-state index in [-0.39, 0.29) is 11.6 Å². The van der Waals surface area contributed by atoms with Gasteiger partial charge in [0.25, 0.3) is 0 Å². The van der Waals surface area contributed by atoms with Crippen LogP contribution in [-0.2, 0) is 5.54 Å². The number of carbonyl (C=O) groups excluding carboxylic acids is 1. The molecular formula is C18H19BrN4OS. The number of nitrogens with two attached hydrogens (primary N) is 1. The molecule has 3 rings (SSSR count).